The maximum atomic E-state index is 13.5. The number of piperidine rings is 1. The summed E-state index contributed by atoms with van der Waals surface area (Å²) in [5.74, 6) is 0.383. The monoisotopic (exact) mass is 665 g/mol. The predicted octanol–water partition coefficient (Wildman–Crippen LogP) is 7.30. The molecule has 3 amide bonds. The van der Waals surface area contributed by atoms with Gasteiger partial charge in [0.15, 0.2) is 0 Å². The summed E-state index contributed by atoms with van der Waals surface area (Å²) in [6.07, 6.45) is 1.28. The molecule has 10 heteroatoms. The van der Waals surface area contributed by atoms with Gasteiger partial charge in [-0.2, -0.15) is 0 Å². The number of carbonyl (C=O) groups excluding carboxylic acids is 3. The predicted molar refractivity (Wildman–Crippen MR) is 189 cm³/mol. The van der Waals surface area contributed by atoms with Crippen LogP contribution in [0.25, 0.3) is 0 Å². The van der Waals surface area contributed by atoms with Crippen molar-refractivity contribution in [2.24, 2.45) is 0 Å². The number of anilines is 2. The van der Waals surface area contributed by atoms with Crippen LogP contribution in [0.15, 0.2) is 91.0 Å². The Morgan fingerprint density at radius 3 is 2.24 bits per heavy atom. The third kappa shape index (κ3) is 8.90. The molecule has 1 aliphatic heterocycles. The molecule has 0 aliphatic carbocycles. The van der Waals surface area contributed by atoms with Crippen molar-refractivity contribution in [2.75, 3.05) is 37.5 Å². The van der Waals surface area contributed by atoms with Crippen molar-refractivity contribution in [1.82, 2.24) is 4.90 Å². The highest BCUT2D eigenvalue weighted by Gasteiger charge is 2.28. The number of likely N-dealkylation sites (tertiary alicyclic amines) is 1. The number of carbonyl (C=O) groups is 3. The normalized spacial score (nSPS) is 13.4. The highest BCUT2D eigenvalue weighted by atomic mass is 16.6. The molecule has 49 heavy (non-hydrogen) atoms. The molecular formula is C39H43N3O7. The van der Waals surface area contributed by atoms with Crippen LogP contribution >= 0.6 is 0 Å². The molecule has 4 aromatic rings. The first kappa shape index (κ1) is 34.8. The highest BCUT2D eigenvalue weighted by Crippen LogP contribution is 2.30. The van der Waals surface area contributed by atoms with Gasteiger partial charge in [-0.05, 0) is 80.4 Å². The van der Waals surface area contributed by atoms with E-state index in [1.807, 2.05) is 57.2 Å². The molecular weight excluding hydrogens is 622 g/mol. The molecule has 0 aromatic heterocycles. The van der Waals surface area contributed by atoms with E-state index in [-0.39, 0.29) is 29.8 Å². The van der Waals surface area contributed by atoms with E-state index < -0.39 is 5.60 Å². The second-order valence-electron chi connectivity index (χ2n) is 13.0. The summed E-state index contributed by atoms with van der Waals surface area (Å²) in [7, 11) is 3.17. The summed E-state index contributed by atoms with van der Waals surface area (Å²) in [6, 6.07) is 26.7. The number of phenols is 1. The number of para-hydroxylation sites is 2. The summed E-state index contributed by atoms with van der Waals surface area (Å²) >= 11 is 0. The summed E-state index contributed by atoms with van der Waals surface area (Å²) in [5, 5.41) is 13.0. The quantitative estimate of drug-likeness (QED) is 0.193. The molecule has 256 valence electrons. The number of benzene rings is 4. The number of amides is 3. The van der Waals surface area contributed by atoms with Gasteiger partial charge in [-0.1, -0.05) is 42.5 Å². The number of nitrogens with one attached hydrogen (secondary N) is 1. The first-order valence-corrected chi connectivity index (χ1v) is 16.3. The summed E-state index contributed by atoms with van der Waals surface area (Å²) in [6.45, 7) is 6.52. The summed E-state index contributed by atoms with van der Waals surface area (Å²) in [5.41, 5.74) is 3.11. The summed E-state index contributed by atoms with van der Waals surface area (Å²) < 4.78 is 17.3. The van der Waals surface area contributed by atoms with Crippen LogP contribution < -0.4 is 19.7 Å². The first-order chi connectivity index (χ1) is 23.4. The maximum absolute atomic E-state index is 13.5. The van der Waals surface area contributed by atoms with Gasteiger partial charge in [0, 0.05) is 50.7 Å². The average molecular weight is 666 g/mol. The van der Waals surface area contributed by atoms with Crippen LogP contribution in [0.2, 0.25) is 0 Å². The Hall–Kier alpha value is -5.51. The Balaban J connectivity index is 1.21. The average Bonchev–Trinajstić information content (AvgIpc) is 3.09. The van der Waals surface area contributed by atoms with E-state index in [9.17, 15) is 19.5 Å². The third-order valence-electron chi connectivity index (χ3n) is 8.23. The molecule has 1 heterocycles. The molecule has 1 saturated heterocycles. The largest absolute Gasteiger partial charge is 0.508 e. The molecule has 5 rings (SSSR count). The smallest absolute Gasteiger partial charge is 0.410 e. The zero-order valence-corrected chi connectivity index (χ0v) is 28.6. The van der Waals surface area contributed by atoms with E-state index in [4.69, 9.17) is 14.2 Å². The lowest BCUT2D eigenvalue weighted by atomic mass is 10.0. The molecule has 2 N–H and O–H groups in total. The Morgan fingerprint density at radius 2 is 1.57 bits per heavy atom. The van der Waals surface area contributed by atoms with Gasteiger partial charge in [-0.25, -0.2) is 4.79 Å². The number of ether oxygens (including phenoxy) is 3. The fourth-order valence-corrected chi connectivity index (χ4v) is 5.56. The van der Waals surface area contributed by atoms with E-state index in [0.29, 0.717) is 66.4 Å². The molecule has 10 nitrogen and oxygen atoms in total. The van der Waals surface area contributed by atoms with Crippen LogP contribution in [0.4, 0.5) is 16.2 Å². The highest BCUT2D eigenvalue weighted by molar-refractivity contribution is 6.09. The molecule has 0 spiro atoms. The van der Waals surface area contributed by atoms with Crippen LogP contribution in [0.5, 0.6) is 17.2 Å². The van der Waals surface area contributed by atoms with Gasteiger partial charge in [-0.15, -0.1) is 0 Å². The zero-order valence-electron chi connectivity index (χ0n) is 28.6. The Kier molecular flexibility index (Phi) is 10.8. The standard InChI is InChI=1S/C39H43N3O7/c1-39(2,3)49-38(46)42-22-20-30(21-23-42)48-34-13-9-7-11-31(34)36(44)40-32-19-16-28(25-35(32)47-5)37(45)41(4)29-17-14-26(15-18-29)24-27-10-6-8-12-33(27)43/h6-19,25,30,43H,20-24H2,1-5H3,(H,40,44). The molecule has 1 aliphatic rings. The topological polar surface area (TPSA) is 118 Å². The van der Waals surface area contributed by atoms with Crippen molar-refractivity contribution in [3.8, 4) is 17.2 Å². The van der Waals surface area contributed by atoms with Gasteiger partial charge >= 0.3 is 6.09 Å². The zero-order chi connectivity index (χ0) is 35.1. The molecule has 0 unspecified atom stereocenters. The fourth-order valence-electron chi connectivity index (χ4n) is 5.56. The first-order valence-electron chi connectivity index (χ1n) is 16.3. The molecule has 4 aromatic carbocycles. The van der Waals surface area contributed by atoms with Crippen molar-refractivity contribution in [2.45, 2.75) is 51.7 Å². The van der Waals surface area contributed by atoms with E-state index in [0.717, 1.165) is 11.1 Å². The Morgan fingerprint density at radius 1 is 0.898 bits per heavy atom. The number of nitrogens with zero attached hydrogens (tertiary/aromatic N) is 2. The minimum absolute atomic E-state index is 0.169. The van der Waals surface area contributed by atoms with Gasteiger partial charge < -0.3 is 34.4 Å². The Labute approximate surface area is 287 Å². The molecule has 0 bridgehead atoms. The van der Waals surface area contributed by atoms with Crippen molar-refractivity contribution in [3.63, 3.8) is 0 Å². The SMILES string of the molecule is COc1cc(C(=O)N(C)c2ccc(Cc3ccccc3O)cc2)ccc1NC(=O)c1ccccc1OC1CCN(C(=O)OC(C)(C)C)CC1. The van der Waals surface area contributed by atoms with Gasteiger partial charge in [0.1, 0.15) is 29.0 Å². The number of hydrogen-bond donors (Lipinski definition) is 2. The molecule has 0 atom stereocenters. The third-order valence-corrected chi connectivity index (χ3v) is 8.23. The molecule has 1 fully saturated rings. The minimum atomic E-state index is -0.560. The van der Waals surface area contributed by atoms with E-state index in [1.54, 1.807) is 71.4 Å². The van der Waals surface area contributed by atoms with Gasteiger partial charge in [0.2, 0.25) is 0 Å². The number of aromatic hydroxyl groups is 1. The van der Waals surface area contributed by atoms with Crippen LogP contribution in [-0.2, 0) is 11.2 Å². The van der Waals surface area contributed by atoms with Gasteiger partial charge in [0.05, 0.1) is 18.4 Å². The van der Waals surface area contributed by atoms with Crippen molar-refractivity contribution >= 4 is 29.3 Å². The second kappa shape index (κ2) is 15.1. The minimum Gasteiger partial charge on any atom is -0.508 e. The van der Waals surface area contributed by atoms with Crippen molar-refractivity contribution in [3.05, 3.63) is 113 Å². The number of phenolic OH excluding ortho intramolecular Hbond substituents is 1. The summed E-state index contributed by atoms with van der Waals surface area (Å²) in [4.78, 5) is 42.6. The maximum Gasteiger partial charge on any atom is 0.410 e. The van der Waals surface area contributed by atoms with Crippen LogP contribution in [-0.4, -0.2) is 66.9 Å². The lowest BCUT2D eigenvalue weighted by Gasteiger charge is -2.33. The van der Waals surface area contributed by atoms with Crippen LogP contribution in [0, 0.1) is 0 Å². The fraction of sp³-hybridized carbons (Fsp3) is 0.308. The van der Waals surface area contributed by atoms with Gasteiger partial charge in [0.25, 0.3) is 11.8 Å². The molecule has 0 saturated carbocycles. The number of hydrogen-bond acceptors (Lipinski definition) is 7. The number of methoxy groups -OCH3 is 1. The van der Waals surface area contributed by atoms with E-state index >= 15 is 0 Å². The van der Waals surface area contributed by atoms with Crippen molar-refractivity contribution in [1.29, 1.82) is 0 Å². The van der Waals surface area contributed by atoms with Gasteiger partial charge in [-0.3, -0.25) is 9.59 Å². The number of rotatable bonds is 9. The lowest BCUT2D eigenvalue weighted by Crippen LogP contribution is -2.44. The van der Waals surface area contributed by atoms with E-state index in [2.05, 4.69) is 5.32 Å². The lowest BCUT2D eigenvalue weighted by molar-refractivity contribution is 0.0126. The van der Waals surface area contributed by atoms with Crippen LogP contribution in [0.3, 0.4) is 0 Å². The molecule has 0 radical (unpaired) electrons. The van der Waals surface area contributed by atoms with Crippen molar-refractivity contribution < 1.29 is 33.7 Å². The van der Waals surface area contributed by atoms with E-state index in [1.165, 1.54) is 7.11 Å². The van der Waals surface area contributed by atoms with Crippen LogP contribution in [0.1, 0.15) is 65.5 Å². The second-order valence-corrected chi connectivity index (χ2v) is 13.0. The Bertz CT molecular complexity index is 1790.